The number of nitrogens with zero attached hydrogens (tertiary/aromatic N) is 2. The summed E-state index contributed by atoms with van der Waals surface area (Å²) < 4.78 is 6.83. The van der Waals surface area contributed by atoms with Crippen LogP contribution in [0.3, 0.4) is 0 Å². The van der Waals surface area contributed by atoms with Gasteiger partial charge in [-0.15, -0.1) is 0 Å². The summed E-state index contributed by atoms with van der Waals surface area (Å²) in [5, 5.41) is 15.7. The van der Waals surface area contributed by atoms with Gasteiger partial charge in [-0.3, -0.25) is 9.59 Å². The Hall–Kier alpha value is -2.15. The Kier molecular flexibility index (Phi) is 8.34. The molecule has 7 nitrogen and oxygen atoms in total. The van der Waals surface area contributed by atoms with E-state index in [0.29, 0.717) is 42.5 Å². The third-order valence-electron chi connectivity index (χ3n) is 3.36. The summed E-state index contributed by atoms with van der Waals surface area (Å²) in [6.45, 7) is 12.0. The summed E-state index contributed by atoms with van der Waals surface area (Å²) in [7, 11) is 0. The molecule has 0 unspecified atom stereocenters. The molecule has 1 aromatic heterocycles. The van der Waals surface area contributed by atoms with Gasteiger partial charge in [-0.25, -0.2) is 4.68 Å². The van der Waals surface area contributed by atoms with E-state index in [2.05, 4.69) is 17.0 Å². The van der Waals surface area contributed by atoms with E-state index in [1.54, 1.807) is 0 Å². The molecular weight excluding hydrogens is 322 g/mol. The summed E-state index contributed by atoms with van der Waals surface area (Å²) in [6.07, 6.45) is 1.01. The molecule has 1 aromatic rings. The molecule has 0 aliphatic heterocycles. The van der Waals surface area contributed by atoms with Gasteiger partial charge < -0.3 is 15.2 Å². The largest absolute Gasteiger partial charge is 0.491 e. The van der Waals surface area contributed by atoms with Crippen molar-refractivity contribution < 1.29 is 14.6 Å². The highest BCUT2D eigenvalue weighted by atomic mass is 16.5. The van der Waals surface area contributed by atoms with Gasteiger partial charge in [0, 0.05) is 24.3 Å². The molecule has 0 atom stereocenters. The molecule has 0 radical (unpaired) electrons. The molecule has 0 aromatic carbocycles. The molecule has 7 heteroatoms. The third kappa shape index (κ3) is 7.09. The number of rotatable bonds is 10. The van der Waals surface area contributed by atoms with Crippen molar-refractivity contribution in [2.24, 2.45) is 5.92 Å². The summed E-state index contributed by atoms with van der Waals surface area (Å²) in [5.41, 5.74) is 0.763. The van der Waals surface area contributed by atoms with Crippen LogP contribution in [-0.2, 0) is 11.3 Å². The summed E-state index contributed by atoms with van der Waals surface area (Å²) in [6, 6.07) is 1.39. The van der Waals surface area contributed by atoms with Crippen LogP contribution in [0.2, 0.25) is 0 Å². The topological polar surface area (TPSA) is 93.5 Å². The first-order chi connectivity index (χ1) is 11.7. The minimum absolute atomic E-state index is 0.0332. The van der Waals surface area contributed by atoms with Gasteiger partial charge in [-0.2, -0.15) is 5.10 Å². The van der Waals surface area contributed by atoms with Crippen molar-refractivity contribution in [1.29, 1.82) is 0 Å². The number of nitrogens with one attached hydrogen (secondary N) is 1. The molecule has 2 N–H and O–H groups in total. The Labute approximate surface area is 148 Å². The smallest absolute Gasteiger partial charge is 0.270 e. The Bertz CT molecular complexity index is 650. The van der Waals surface area contributed by atoms with Crippen LogP contribution < -0.4 is 15.6 Å². The first kappa shape index (κ1) is 20.9. The Balaban J connectivity index is 2.90. The summed E-state index contributed by atoms with van der Waals surface area (Å²) in [4.78, 5) is 24.3. The highest BCUT2D eigenvalue weighted by molar-refractivity contribution is 5.77. The number of hydrogen-bond donors (Lipinski definition) is 2. The Morgan fingerprint density at radius 3 is 2.64 bits per heavy atom. The van der Waals surface area contributed by atoms with Crippen molar-refractivity contribution in [1.82, 2.24) is 15.1 Å². The Morgan fingerprint density at radius 1 is 1.40 bits per heavy atom. The van der Waals surface area contributed by atoms with Crippen LogP contribution in [0.15, 0.2) is 23.1 Å². The maximum absolute atomic E-state index is 12.2. The maximum Gasteiger partial charge on any atom is 0.270 e. The van der Waals surface area contributed by atoms with E-state index < -0.39 is 0 Å². The maximum atomic E-state index is 12.2. The van der Waals surface area contributed by atoms with Crippen molar-refractivity contribution in [3.05, 3.63) is 34.4 Å². The molecule has 0 aliphatic carbocycles. The fourth-order valence-corrected chi connectivity index (χ4v) is 2.10. The number of carbonyl (C=O) groups is 1. The highest BCUT2D eigenvalue weighted by Crippen LogP contribution is 2.22. The normalized spacial score (nSPS) is 11.0. The van der Waals surface area contributed by atoms with Crippen molar-refractivity contribution in [2.45, 2.75) is 53.0 Å². The molecule has 1 heterocycles. The molecule has 0 spiro atoms. The quantitative estimate of drug-likeness (QED) is 0.670. The van der Waals surface area contributed by atoms with Gasteiger partial charge in [-0.05, 0) is 18.8 Å². The molecule has 0 bridgehead atoms. The average molecular weight is 351 g/mol. The SMILES string of the molecule is C=C(CCCO)NC(=O)Cn1nc(C(C)C)c(OCC(C)C)cc1=O. The lowest BCUT2D eigenvalue weighted by Crippen LogP contribution is -2.33. The minimum atomic E-state index is -0.390. The number of carbonyl (C=O) groups excluding carboxylic acids is 1. The van der Waals surface area contributed by atoms with Crippen molar-refractivity contribution in [3.8, 4) is 5.75 Å². The zero-order valence-electron chi connectivity index (χ0n) is 15.5. The first-order valence-electron chi connectivity index (χ1n) is 8.58. The van der Waals surface area contributed by atoms with Crippen molar-refractivity contribution in [2.75, 3.05) is 13.2 Å². The zero-order valence-corrected chi connectivity index (χ0v) is 15.5. The molecule has 0 saturated heterocycles. The lowest BCUT2D eigenvalue weighted by molar-refractivity contribution is -0.121. The van der Waals surface area contributed by atoms with E-state index in [-0.39, 0.29) is 30.5 Å². The molecule has 0 fully saturated rings. The standard InChI is InChI=1S/C18H29N3O4/c1-12(2)11-25-15-9-17(24)21(20-18(15)13(3)4)10-16(23)19-14(5)7-6-8-22/h9,12-13,22H,5-8,10-11H2,1-4H3,(H,19,23). The van der Waals surface area contributed by atoms with Gasteiger partial charge in [0.05, 0.1) is 6.61 Å². The minimum Gasteiger partial charge on any atom is -0.491 e. The van der Waals surface area contributed by atoms with Gasteiger partial charge >= 0.3 is 0 Å². The number of amides is 1. The van der Waals surface area contributed by atoms with Crippen molar-refractivity contribution in [3.63, 3.8) is 0 Å². The van der Waals surface area contributed by atoms with Crippen LogP contribution >= 0.6 is 0 Å². The van der Waals surface area contributed by atoms with Gasteiger partial charge in [0.15, 0.2) is 0 Å². The van der Waals surface area contributed by atoms with Crippen LogP contribution in [0.1, 0.15) is 52.1 Å². The summed E-state index contributed by atoms with van der Waals surface area (Å²) >= 11 is 0. The van der Waals surface area contributed by atoms with Gasteiger partial charge in [-0.1, -0.05) is 34.3 Å². The molecule has 1 amide bonds. The number of allylic oxidation sites excluding steroid dienone is 1. The molecule has 25 heavy (non-hydrogen) atoms. The van der Waals surface area contributed by atoms with Crippen molar-refractivity contribution >= 4 is 5.91 Å². The Morgan fingerprint density at radius 2 is 2.08 bits per heavy atom. The average Bonchev–Trinajstić information content (AvgIpc) is 2.52. The molecule has 140 valence electrons. The van der Waals surface area contributed by atoms with Gasteiger partial charge in [0.25, 0.3) is 5.56 Å². The van der Waals surface area contributed by atoms with Crippen LogP contribution in [0.4, 0.5) is 0 Å². The lowest BCUT2D eigenvalue weighted by atomic mass is 10.1. The summed E-state index contributed by atoms with van der Waals surface area (Å²) in [5.74, 6) is 0.482. The third-order valence-corrected chi connectivity index (χ3v) is 3.36. The van der Waals surface area contributed by atoms with Crippen LogP contribution in [0, 0.1) is 5.92 Å². The first-order valence-corrected chi connectivity index (χ1v) is 8.58. The number of hydrogen-bond acceptors (Lipinski definition) is 5. The highest BCUT2D eigenvalue weighted by Gasteiger charge is 2.16. The number of aliphatic hydroxyl groups excluding tert-OH is 1. The van der Waals surface area contributed by atoms with Crippen LogP contribution in [0.25, 0.3) is 0 Å². The van der Waals surface area contributed by atoms with Crippen LogP contribution in [0.5, 0.6) is 5.75 Å². The lowest BCUT2D eigenvalue weighted by Gasteiger charge is -2.16. The van der Waals surface area contributed by atoms with E-state index in [1.807, 2.05) is 27.7 Å². The number of aromatic nitrogens is 2. The van der Waals surface area contributed by atoms with E-state index in [9.17, 15) is 9.59 Å². The molecule has 1 rings (SSSR count). The molecular formula is C18H29N3O4. The van der Waals surface area contributed by atoms with E-state index in [4.69, 9.17) is 9.84 Å². The number of ether oxygens (including phenoxy) is 1. The predicted octanol–water partition coefficient (Wildman–Crippen LogP) is 1.80. The second-order valence-corrected chi connectivity index (χ2v) is 6.73. The number of aliphatic hydroxyl groups is 1. The fraction of sp³-hybridized carbons (Fsp3) is 0.611. The molecule has 0 saturated carbocycles. The second kappa shape index (κ2) is 9.98. The van der Waals surface area contributed by atoms with E-state index >= 15 is 0 Å². The second-order valence-electron chi connectivity index (χ2n) is 6.73. The van der Waals surface area contributed by atoms with E-state index in [0.717, 1.165) is 4.68 Å². The zero-order chi connectivity index (χ0) is 19.0. The fourth-order valence-electron chi connectivity index (χ4n) is 2.10. The van der Waals surface area contributed by atoms with E-state index in [1.165, 1.54) is 6.07 Å². The van der Waals surface area contributed by atoms with Crippen LogP contribution in [-0.4, -0.2) is 34.0 Å². The predicted molar refractivity (Wildman–Crippen MR) is 96.5 cm³/mol. The monoisotopic (exact) mass is 351 g/mol. The van der Waals surface area contributed by atoms with Gasteiger partial charge in [0.1, 0.15) is 18.0 Å². The molecule has 0 aliphatic rings. The van der Waals surface area contributed by atoms with Gasteiger partial charge in [0.2, 0.25) is 5.91 Å².